The van der Waals surface area contributed by atoms with Gasteiger partial charge in [-0.25, -0.2) is 0 Å². The molecule has 3 rings (SSSR count). The molecule has 0 saturated heterocycles. The Bertz CT molecular complexity index is 1130. The minimum absolute atomic E-state index is 0.0284. The fourth-order valence-corrected chi connectivity index (χ4v) is 3.02. The molecule has 30 heavy (non-hydrogen) atoms. The lowest BCUT2D eigenvalue weighted by atomic mass is 10.1. The first-order valence-corrected chi connectivity index (χ1v) is 9.81. The van der Waals surface area contributed by atoms with Crippen molar-refractivity contribution in [3.63, 3.8) is 0 Å². The molecule has 0 atom stereocenters. The Labute approximate surface area is 181 Å². The molecule has 3 aromatic carbocycles. The number of hydrogen-bond donors (Lipinski definition) is 1. The maximum absolute atomic E-state index is 12.5. The largest absolute Gasteiger partial charge is 0.489 e. The van der Waals surface area contributed by atoms with Crippen LogP contribution >= 0.6 is 11.6 Å². The zero-order chi connectivity index (χ0) is 21.5. The number of halogens is 1. The van der Waals surface area contributed by atoms with E-state index in [0.29, 0.717) is 23.1 Å². The second-order valence-corrected chi connectivity index (χ2v) is 7.23. The molecular formula is C25H21ClN2O2. The quantitative estimate of drug-likeness (QED) is 0.391. The molecule has 0 bridgehead atoms. The number of nitrogens with one attached hydrogen (secondary N) is 1. The van der Waals surface area contributed by atoms with Crippen molar-refractivity contribution in [1.82, 2.24) is 0 Å². The number of amides is 1. The molecule has 5 heteroatoms. The van der Waals surface area contributed by atoms with Gasteiger partial charge in [-0.1, -0.05) is 54.1 Å². The predicted octanol–water partition coefficient (Wildman–Crippen LogP) is 6.08. The molecule has 4 nitrogen and oxygen atoms in total. The summed E-state index contributed by atoms with van der Waals surface area (Å²) in [6.45, 7) is 4.26. The van der Waals surface area contributed by atoms with Crippen molar-refractivity contribution in [3.05, 3.63) is 99.6 Å². The molecule has 0 aliphatic heterocycles. The molecule has 1 N–H and O–H groups in total. The van der Waals surface area contributed by atoms with Crippen LogP contribution < -0.4 is 10.1 Å². The Hall–Kier alpha value is -3.55. The van der Waals surface area contributed by atoms with E-state index >= 15 is 0 Å². The average molecular weight is 417 g/mol. The van der Waals surface area contributed by atoms with Crippen LogP contribution in [0.5, 0.6) is 5.75 Å². The standard InChI is InChI=1S/C25H21ClN2O2/c1-17-6-5-9-24(18(17)2)28-25(29)21(15-27)14-19-10-12-22(13-11-19)30-16-20-7-3-4-8-23(20)26/h3-14H,16H2,1-2H3,(H,28,29)/b21-14+. The number of ether oxygens (including phenoxy) is 1. The van der Waals surface area contributed by atoms with Gasteiger partial charge in [-0.3, -0.25) is 4.79 Å². The van der Waals surface area contributed by atoms with Crippen molar-refractivity contribution in [2.75, 3.05) is 5.32 Å². The number of carbonyl (C=O) groups excluding carboxylic acids is 1. The van der Waals surface area contributed by atoms with Gasteiger partial charge < -0.3 is 10.1 Å². The lowest BCUT2D eigenvalue weighted by Crippen LogP contribution is -2.14. The van der Waals surface area contributed by atoms with Crippen molar-refractivity contribution in [3.8, 4) is 11.8 Å². The second kappa shape index (κ2) is 9.78. The molecule has 1 amide bonds. The summed E-state index contributed by atoms with van der Waals surface area (Å²) in [6.07, 6.45) is 1.55. The number of rotatable bonds is 6. The van der Waals surface area contributed by atoms with E-state index in [1.54, 1.807) is 30.3 Å². The first-order chi connectivity index (χ1) is 14.5. The Kier molecular flexibility index (Phi) is 6.90. The topological polar surface area (TPSA) is 62.1 Å². The van der Waals surface area contributed by atoms with E-state index in [1.165, 1.54) is 0 Å². The van der Waals surface area contributed by atoms with Crippen molar-refractivity contribution in [1.29, 1.82) is 5.26 Å². The van der Waals surface area contributed by atoms with Gasteiger partial charge in [0.25, 0.3) is 5.91 Å². The van der Waals surface area contributed by atoms with Crippen LogP contribution in [0.25, 0.3) is 6.08 Å². The molecule has 0 fully saturated rings. The van der Waals surface area contributed by atoms with Crippen LogP contribution in [0.2, 0.25) is 5.02 Å². The van der Waals surface area contributed by atoms with Gasteiger partial charge in [-0.2, -0.15) is 5.26 Å². The summed E-state index contributed by atoms with van der Waals surface area (Å²) in [5, 5.41) is 12.9. The van der Waals surface area contributed by atoms with Crippen LogP contribution in [-0.2, 0) is 11.4 Å². The van der Waals surface area contributed by atoms with E-state index in [2.05, 4.69) is 5.32 Å². The normalized spacial score (nSPS) is 10.9. The van der Waals surface area contributed by atoms with E-state index in [-0.39, 0.29) is 5.57 Å². The molecule has 0 heterocycles. The van der Waals surface area contributed by atoms with Crippen molar-refractivity contribution in [2.45, 2.75) is 20.5 Å². The molecule has 0 aromatic heterocycles. The predicted molar refractivity (Wildman–Crippen MR) is 120 cm³/mol. The summed E-state index contributed by atoms with van der Waals surface area (Å²) in [6, 6.07) is 22.3. The van der Waals surface area contributed by atoms with Gasteiger partial charge in [0.05, 0.1) is 0 Å². The summed E-state index contributed by atoms with van der Waals surface area (Å²) in [5.41, 5.74) is 4.40. The fraction of sp³-hybridized carbons (Fsp3) is 0.120. The van der Waals surface area contributed by atoms with Crippen molar-refractivity contribution in [2.24, 2.45) is 0 Å². The summed E-state index contributed by atoms with van der Waals surface area (Å²) in [5.74, 6) is 0.232. The molecule has 3 aromatic rings. The van der Waals surface area contributed by atoms with Gasteiger partial charge >= 0.3 is 0 Å². The van der Waals surface area contributed by atoms with E-state index in [4.69, 9.17) is 16.3 Å². The van der Waals surface area contributed by atoms with Crippen LogP contribution in [-0.4, -0.2) is 5.91 Å². The third kappa shape index (κ3) is 5.28. The van der Waals surface area contributed by atoms with Crippen LogP contribution in [0.15, 0.2) is 72.3 Å². The van der Waals surface area contributed by atoms with Crippen molar-refractivity contribution < 1.29 is 9.53 Å². The Balaban J connectivity index is 1.68. The third-order valence-corrected chi connectivity index (χ3v) is 5.13. The van der Waals surface area contributed by atoms with Gasteiger partial charge in [0.15, 0.2) is 0 Å². The maximum atomic E-state index is 12.5. The summed E-state index contributed by atoms with van der Waals surface area (Å²) in [7, 11) is 0. The number of hydrogen-bond acceptors (Lipinski definition) is 3. The number of benzene rings is 3. The Morgan fingerprint density at radius 3 is 2.50 bits per heavy atom. The van der Waals surface area contributed by atoms with E-state index in [1.807, 2.05) is 62.4 Å². The van der Waals surface area contributed by atoms with Gasteiger partial charge in [0, 0.05) is 16.3 Å². The lowest BCUT2D eigenvalue weighted by Gasteiger charge is -2.10. The molecule has 0 aliphatic rings. The maximum Gasteiger partial charge on any atom is 0.266 e. The number of nitrogens with zero attached hydrogens (tertiary/aromatic N) is 1. The fourth-order valence-electron chi connectivity index (χ4n) is 2.83. The van der Waals surface area contributed by atoms with Gasteiger partial charge in [-0.05, 0) is 60.9 Å². The van der Waals surface area contributed by atoms with E-state index in [0.717, 1.165) is 22.3 Å². The van der Waals surface area contributed by atoms with Crippen LogP contribution in [0.1, 0.15) is 22.3 Å². The Morgan fingerprint density at radius 1 is 1.07 bits per heavy atom. The molecule has 0 saturated carbocycles. The van der Waals surface area contributed by atoms with E-state index in [9.17, 15) is 10.1 Å². The van der Waals surface area contributed by atoms with Crippen molar-refractivity contribution >= 4 is 29.3 Å². The van der Waals surface area contributed by atoms with Crippen LogP contribution in [0.3, 0.4) is 0 Å². The third-order valence-electron chi connectivity index (χ3n) is 4.76. The Morgan fingerprint density at radius 2 is 1.80 bits per heavy atom. The smallest absolute Gasteiger partial charge is 0.266 e. The number of carbonyl (C=O) groups is 1. The highest BCUT2D eigenvalue weighted by Gasteiger charge is 2.11. The zero-order valence-electron chi connectivity index (χ0n) is 16.8. The molecule has 0 radical (unpaired) electrons. The van der Waals surface area contributed by atoms with Gasteiger partial charge in [-0.15, -0.1) is 0 Å². The van der Waals surface area contributed by atoms with E-state index < -0.39 is 5.91 Å². The zero-order valence-corrected chi connectivity index (χ0v) is 17.5. The lowest BCUT2D eigenvalue weighted by molar-refractivity contribution is -0.112. The SMILES string of the molecule is Cc1cccc(NC(=O)/C(C#N)=C/c2ccc(OCc3ccccc3Cl)cc2)c1C. The van der Waals surface area contributed by atoms with Gasteiger partial charge in [0.1, 0.15) is 24.0 Å². The summed E-state index contributed by atoms with van der Waals surface area (Å²) in [4.78, 5) is 12.5. The number of aryl methyl sites for hydroxylation is 1. The summed E-state index contributed by atoms with van der Waals surface area (Å²) >= 11 is 6.14. The first-order valence-electron chi connectivity index (χ1n) is 9.43. The van der Waals surface area contributed by atoms with Crippen LogP contribution in [0.4, 0.5) is 5.69 Å². The molecular weight excluding hydrogens is 396 g/mol. The monoisotopic (exact) mass is 416 g/mol. The highest BCUT2D eigenvalue weighted by Crippen LogP contribution is 2.21. The molecule has 150 valence electrons. The average Bonchev–Trinajstić information content (AvgIpc) is 2.75. The number of anilines is 1. The minimum atomic E-state index is -0.440. The summed E-state index contributed by atoms with van der Waals surface area (Å²) < 4.78 is 5.76. The second-order valence-electron chi connectivity index (χ2n) is 6.82. The first kappa shape index (κ1) is 21.2. The number of nitriles is 1. The van der Waals surface area contributed by atoms with Gasteiger partial charge in [0.2, 0.25) is 0 Å². The van der Waals surface area contributed by atoms with Crippen LogP contribution in [0, 0.1) is 25.2 Å². The molecule has 0 spiro atoms. The minimum Gasteiger partial charge on any atom is -0.489 e. The molecule has 0 aliphatic carbocycles. The highest BCUT2D eigenvalue weighted by molar-refractivity contribution is 6.31. The highest BCUT2D eigenvalue weighted by atomic mass is 35.5. The molecule has 0 unspecified atom stereocenters.